The third-order valence-corrected chi connectivity index (χ3v) is 5.48. The van der Waals surface area contributed by atoms with E-state index >= 15 is 0 Å². The summed E-state index contributed by atoms with van der Waals surface area (Å²) in [4.78, 5) is 14.1. The van der Waals surface area contributed by atoms with Crippen molar-refractivity contribution >= 4 is 5.78 Å². The second-order valence-corrected chi connectivity index (χ2v) is 5.64. The van der Waals surface area contributed by atoms with Crippen molar-refractivity contribution in [2.45, 2.75) is 12.5 Å². The minimum absolute atomic E-state index is 0.00926. The summed E-state index contributed by atoms with van der Waals surface area (Å²) in [6.45, 7) is 1.80. The van der Waals surface area contributed by atoms with Crippen molar-refractivity contribution in [3.63, 3.8) is 0 Å². The Hall–Kier alpha value is -0.370. The molecule has 0 atom stereocenters. The van der Waals surface area contributed by atoms with Crippen LogP contribution in [0.5, 0.6) is 0 Å². The Labute approximate surface area is 78.3 Å². The van der Waals surface area contributed by atoms with Gasteiger partial charge >= 0.3 is 0 Å². The van der Waals surface area contributed by atoms with Gasteiger partial charge in [0, 0.05) is 0 Å². The molecule has 13 heavy (non-hydrogen) atoms. The molecule has 0 aromatic heterocycles. The molecule has 0 aromatic carbocycles. The van der Waals surface area contributed by atoms with Gasteiger partial charge in [-0.2, -0.15) is 0 Å². The van der Waals surface area contributed by atoms with Crippen LogP contribution < -0.4 is 0 Å². The van der Waals surface area contributed by atoms with Gasteiger partial charge < -0.3 is 0 Å². The predicted octanol–water partition coefficient (Wildman–Crippen LogP) is 0.627. The van der Waals surface area contributed by atoms with E-state index in [-0.39, 0.29) is 5.54 Å². The average molecular weight is 177 g/mol. The molecule has 0 radical (unpaired) electrons. The lowest BCUT2D eigenvalue weighted by molar-refractivity contribution is -0.129. The van der Waals surface area contributed by atoms with Crippen LogP contribution in [0.15, 0.2) is 0 Å². The molecule has 0 aliphatic heterocycles. The Morgan fingerprint density at radius 3 is 1.62 bits per heavy atom. The van der Waals surface area contributed by atoms with E-state index < -0.39 is 0 Å². The molecule has 2 bridgehead atoms. The van der Waals surface area contributed by atoms with Crippen molar-refractivity contribution in [1.29, 1.82) is 0 Å². The van der Waals surface area contributed by atoms with Crippen molar-refractivity contribution < 1.29 is 4.79 Å². The van der Waals surface area contributed by atoms with Crippen LogP contribution in [0.4, 0.5) is 0 Å². The number of rotatable bonds is 2. The normalized spacial score (nSPS) is 68.9. The van der Waals surface area contributed by atoms with Crippen LogP contribution in [0.2, 0.25) is 0 Å². The van der Waals surface area contributed by atoms with E-state index in [1.165, 1.54) is 0 Å². The predicted molar refractivity (Wildman–Crippen MR) is 48.0 cm³/mol. The summed E-state index contributed by atoms with van der Waals surface area (Å²) in [6.07, 6.45) is 0. The van der Waals surface area contributed by atoms with Crippen LogP contribution in [-0.2, 0) is 4.79 Å². The molecule has 2 nitrogen and oxygen atoms in total. The number of ketones is 1. The Bertz CT molecular complexity index is 291. The maximum absolute atomic E-state index is 11.9. The van der Waals surface area contributed by atoms with Gasteiger partial charge in [0.15, 0.2) is 5.78 Å². The maximum atomic E-state index is 11.9. The van der Waals surface area contributed by atoms with Crippen molar-refractivity contribution in [3.05, 3.63) is 0 Å². The molecule has 5 rings (SSSR count). The molecule has 5 aliphatic carbocycles. The summed E-state index contributed by atoms with van der Waals surface area (Å²) in [6, 6.07) is 0. The number of carbonyl (C=O) groups is 1. The largest absolute Gasteiger partial charge is 0.298 e. The second-order valence-electron chi connectivity index (χ2n) is 5.64. The van der Waals surface area contributed by atoms with E-state index in [1.807, 2.05) is 0 Å². The summed E-state index contributed by atoms with van der Waals surface area (Å²) in [5.41, 5.74) is -0.00926. The van der Waals surface area contributed by atoms with Gasteiger partial charge in [-0.05, 0) is 56.5 Å². The highest BCUT2D eigenvalue weighted by atomic mass is 16.1. The van der Waals surface area contributed by atoms with Crippen LogP contribution in [-0.4, -0.2) is 30.3 Å². The van der Waals surface area contributed by atoms with E-state index in [1.54, 1.807) is 6.92 Å². The van der Waals surface area contributed by atoms with Gasteiger partial charge in [-0.25, -0.2) is 0 Å². The first-order valence-electron chi connectivity index (χ1n) is 5.32. The van der Waals surface area contributed by atoms with E-state index in [9.17, 15) is 4.79 Å². The third-order valence-electron chi connectivity index (χ3n) is 5.48. The quantitative estimate of drug-likeness (QED) is 0.616. The third kappa shape index (κ3) is 0.405. The number of nitrogens with zero attached hydrogens (tertiary/aromatic N) is 1. The fourth-order valence-electron chi connectivity index (χ4n) is 5.33. The fourth-order valence-corrected chi connectivity index (χ4v) is 5.33. The summed E-state index contributed by atoms with van der Waals surface area (Å²) < 4.78 is 0. The molecule has 0 heterocycles. The summed E-state index contributed by atoms with van der Waals surface area (Å²) in [7, 11) is 4.19. The summed E-state index contributed by atoms with van der Waals surface area (Å²) >= 11 is 0. The van der Waals surface area contributed by atoms with Crippen LogP contribution in [0, 0.1) is 35.5 Å². The van der Waals surface area contributed by atoms with Gasteiger partial charge in [0.1, 0.15) is 0 Å². The molecule has 0 aromatic rings. The molecule has 5 fully saturated rings. The molecular weight excluding hydrogens is 162 g/mol. The zero-order chi connectivity index (χ0) is 9.12. The van der Waals surface area contributed by atoms with E-state index in [0.29, 0.717) is 5.78 Å². The van der Waals surface area contributed by atoms with Gasteiger partial charge in [-0.15, -0.1) is 0 Å². The highest BCUT2D eigenvalue weighted by Gasteiger charge is 2.97. The molecule has 2 heteroatoms. The van der Waals surface area contributed by atoms with Crippen molar-refractivity contribution in [2.24, 2.45) is 35.5 Å². The lowest BCUT2D eigenvalue weighted by Crippen LogP contribution is -2.52. The lowest BCUT2D eigenvalue weighted by atomic mass is 9.87. The first-order valence-corrected chi connectivity index (χ1v) is 5.32. The zero-order valence-electron chi connectivity index (χ0n) is 8.32. The van der Waals surface area contributed by atoms with Crippen molar-refractivity contribution in [2.75, 3.05) is 14.1 Å². The first kappa shape index (κ1) is 6.99. The van der Waals surface area contributed by atoms with Crippen molar-refractivity contribution in [1.82, 2.24) is 4.90 Å². The minimum atomic E-state index is -0.00926. The van der Waals surface area contributed by atoms with Crippen LogP contribution in [0.3, 0.4) is 0 Å². The van der Waals surface area contributed by atoms with Gasteiger partial charge in [0.25, 0.3) is 0 Å². The maximum Gasteiger partial charge on any atom is 0.150 e. The van der Waals surface area contributed by atoms with Crippen LogP contribution in [0.1, 0.15) is 6.92 Å². The van der Waals surface area contributed by atoms with Gasteiger partial charge in [-0.3, -0.25) is 9.69 Å². The van der Waals surface area contributed by atoms with Gasteiger partial charge in [-0.1, -0.05) is 0 Å². The smallest absolute Gasteiger partial charge is 0.150 e. The Kier molecular flexibility index (Phi) is 0.805. The second kappa shape index (κ2) is 1.50. The molecule has 70 valence electrons. The molecule has 0 amide bonds. The zero-order valence-corrected chi connectivity index (χ0v) is 8.32. The van der Waals surface area contributed by atoms with Crippen LogP contribution >= 0.6 is 0 Å². The molecule has 5 aliphatic rings. The molecule has 0 N–H and O–H groups in total. The lowest BCUT2D eigenvalue weighted by Gasteiger charge is -2.35. The van der Waals surface area contributed by atoms with E-state index in [2.05, 4.69) is 19.0 Å². The molecular formula is C11H15NO. The highest BCUT2D eigenvalue weighted by molar-refractivity contribution is 5.91. The van der Waals surface area contributed by atoms with Gasteiger partial charge in [0.2, 0.25) is 0 Å². The number of hydrogen-bond acceptors (Lipinski definition) is 2. The molecule has 0 saturated heterocycles. The highest BCUT2D eigenvalue weighted by Crippen LogP contribution is 2.95. The summed E-state index contributed by atoms with van der Waals surface area (Å²) in [5.74, 6) is 5.85. The fraction of sp³-hybridized carbons (Fsp3) is 0.909. The molecule has 0 spiro atoms. The van der Waals surface area contributed by atoms with E-state index in [4.69, 9.17) is 0 Å². The van der Waals surface area contributed by atoms with E-state index in [0.717, 1.165) is 35.5 Å². The number of carbonyl (C=O) groups excluding carboxylic acids is 1. The SMILES string of the molecule is CC(=O)C1(N(C)C)C2C3C2C2C3C21. The standard InChI is InChI=1S/C11H15NO/c1-4(13)11(12(2)3)9-5-6(9)8-7(5)10(8)11/h5-10H,1-3H3. The van der Waals surface area contributed by atoms with Crippen LogP contribution in [0.25, 0.3) is 0 Å². The summed E-state index contributed by atoms with van der Waals surface area (Å²) in [5, 5.41) is 0. The van der Waals surface area contributed by atoms with Gasteiger partial charge in [0.05, 0.1) is 5.54 Å². The molecule has 0 unspecified atom stereocenters. The number of Topliss-reactive ketones (excluding diaryl/α,β-unsaturated/α-hetero) is 1. The number of hydrogen-bond donors (Lipinski definition) is 0. The minimum Gasteiger partial charge on any atom is -0.298 e. The monoisotopic (exact) mass is 177 g/mol. The molecule has 5 saturated carbocycles. The first-order chi connectivity index (χ1) is 6.13. The Morgan fingerprint density at radius 2 is 1.46 bits per heavy atom. The Balaban J connectivity index is 1.88. The Morgan fingerprint density at radius 1 is 1.08 bits per heavy atom. The average Bonchev–Trinajstić information content (AvgIpc) is 2.68. The topological polar surface area (TPSA) is 20.3 Å². The number of likely N-dealkylation sites (N-methyl/N-ethyl adjacent to an activating group) is 1. The van der Waals surface area contributed by atoms with Crippen molar-refractivity contribution in [3.8, 4) is 0 Å².